The number of nitrogens with one attached hydrogen (secondary N) is 1. The summed E-state index contributed by atoms with van der Waals surface area (Å²) in [7, 11) is -5.63. The molecule has 7 rings (SSSR count). The Kier molecular flexibility index (Phi) is 18.2. The molecule has 0 aromatic heterocycles. The van der Waals surface area contributed by atoms with E-state index < -0.39 is 159 Å². The topological polar surface area (TPSA) is 199 Å². The number of fused-ring (bicyclic) bond motifs is 5. The zero-order valence-corrected chi connectivity index (χ0v) is 49.3. The molecule has 3 aliphatic carbocycles. The molecule has 0 spiro atoms. The number of esters is 4. The van der Waals surface area contributed by atoms with Crippen molar-refractivity contribution in [2.75, 3.05) is 6.61 Å². The summed E-state index contributed by atoms with van der Waals surface area (Å²) >= 11 is 0. The van der Waals surface area contributed by atoms with Crippen LogP contribution < -0.4 is 5.32 Å². The minimum absolute atomic E-state index is 0.0232. The van der Waals surface area contributed by atoms with E-state index in [2.05, 4.69) is 5.32 Å². The molecule has 15 nitrogen and oxygen atoms in total. The van der Waals surface area contributed by atoms with E-state index in [0.717, 1.165) is 13.8 Å². The summed E-state index contributed by atoms with van der Waals surface area (Å²) in [4.78, 5) is 88.6. The lowest BCUT2D eigenvalue weighted by molar-refractivity contribution is -0.344. The first-order valence-corrected chi connectivity index (χ1v) is 32.6. The van der Waals surface area contributed by atoms with Crippen LogP contribution in [0.5, 0.6) is 0 Å². The first-order valence-electron chi connectivity index (χ1n) is 27.5. The van der Waals surface area contributed by atoms with E-state index in [1.165, 1.54) is 20.8 Å². The Labute approximate surface area is 462 Å². The number of amides is 1. The summed E-state index contributed by atoms with van der Waals surface area (Å²) in [5, 5.41) is 17.4. The lowest BCUT2D eigenvalue weighted by Gasteiger charge is -2.68. The van der Waals surface area contributed by atoms with Gasteiger partial charge in [-0.2, -0.15) is 0 Å². The van der Waals surface area contributed by atoms with Crippen LogP contribution in [0, 0.1) is 34.2 Å². The van der Waals surface area contributed by atoms with Crippen molar-refractivity contribution in [3.63, 3.8) is 0 Å². The molecular weight excluding hydrogens is 1060 g/mol. The van der Waals surface area contributed by atoms with Crippen molar-refractivity contribution in [2.45, 2.75) is 186 Å². The summed E-state index contributed by atoms with van der Waals surface area (Å²) < 4.78 is 91.1. The fourth-order valence-corrected chi connectivity index (χ4v) is 18.8. The Balaban J connectivity index is 1.51. The fourth-order valence-electron chi connectivity index (χ4n) is 13.1. The van der Waals surface area contributed by atoms with Gasteiger partial charge >= 0.3 is 23.9 Å². The van der Waals surface area contributed by atoms with Crippen molar-refractivity contribution < 1.29 is 79.6 Å². The van der Waals surface area contributed by atoms with E-state index in [9.17, 15) is 28.7 Å². The van der Waals surface area contributed by atoms with Crippen molar-refractivity contribution in [3.05, 3.63) is 118 Å². The molecule has 2 bridgehead atoms. The predicted octanol–water partition coefficient (Wildman–Crippen LogP) is 10.2. The third-order valence-corrected chi connectivity index (χ3v) is 27.5. The third-order valence-electron chi connectivity index (χ3n) is 18.3. The summed E-state index contributed by atoms with van der Waals surface area (Å²) in [6, 6.07) is 20.3. The number of ketones is 1. The highest BCUT2D eigenvalue weighted by atomic mass is 28.4. The quantitative estimate of drug-likeness (QED) is 0.0356. The number of carbonyl (C=O) groups excluding carboxylic acids is 6. The van der Waals surface area contributed by atoms with Gasteiger partial charge in [-0.15, -0.1) is 0 Å². The van der Waals surface area contributed by atoms with Crippen LogP contribution in [0.25, 0.3) is 0 Å². The summed E-state index contributed by atoms with van der Waals surface area (Å²) in [6.45, 7) is 19.9. The van der Waals surface area contributed by atoms with Gasteiger partial charge in [-0.25, -0.2) is 22.8 Å². The van der Waals surface area contributed by atoms with Crippen LogP contribution in [-0.4, -0.2) is 112 Å². The molecule has 1 aliphatic heterocycles. The number of rotatable bonds is 20. The van der Waals surface area contributed by atoms with E-state index in [0.29, 0.717) is 59.5 Å². The highest BCUT2D eigenvalue weighted by Crippen LogP contribution is 2.65. The fraction of sp³-hybridized carbons (Fsp3) is 0.559. The smallest absolute Gasteiger partial charge is 0.338 e. The zero-order chi connectivity index (χ0) is 58.2. The number of aliphatic hydroxyl groups is 1. The molecule has 0 unspecified atom stereocenters. The van der Waals surface area contributed by atoms with Crippen molar-refractivity contribution in [3.8, 4) is 0 Å². The Morgan fingerprint density at radius 1 is 0.772 bits per heavy atom. The highest BCUT2D eigenvalue weighted by molar-refractivity contribution is 6.74. The van der Waals surface area contributed by atoms with Crippen LogP contribution >= 0.6 is 0 Å². The van der Waals surface area contributed by atoms with Crippen LogP contribution in [0.1, 0.15) is 128 Å². The minimum atomic E-state index is -2.84. The Hall–Kier alpha value is -5.52. The summed E-state index contributed by atoms with van der Waals surface area (Å²) in [6.07, 6.45) is -9.95. The van der Waals surface area contributed by atoms with Gasteiger partial charge in [-0.3, -0.25) is 19.2 Å². The SMILES string of the molecule is CC[Si](CC)(CC)O[C@H]1C[C@H]2OC[C@@]2(OC(C)=O)[C@H]2[C@H](OC(=O)c3cc(F)c(F)c(F)c3)[C@]3(O)C[C@H](OC(=O)[C@H](O[Si](CC)(CC)CC)[C@@H](NC(=O)c4ccccc4)c4ccccc4)C(C)=C([C@@H](OC(C)=O)C(=O)[C@]12C)C3(C)C. The van der Waals surface area contributed by atoms with Crippen molar-refractivity contribution in [2.24, 2.45) is 16.7 Å². The monoisotopic (exact) mass is 1140 g/mol. The summed E-state index contributed by atoms with van der Waals surface area (Å²) in [5.41, 5.74) is -8.25. The normalized spacial score (nSPS) is 28.1. The van der Waals surface area contributed by atoms with Crippen LogP contribution in [-0.2, 0) is 51.7 Å². The maximum absolute atomic E-state index is 16.6. The van der Waals surface area contributed by atoms with E-state index >= 15 is 18.4 Å². The second-order valence-electron chi connectivity index (χ2n) is 22.4. The first kappa shape index (κ1) is 61.1. The van der Waals surface area contributed by atoms with Gasteiger partial charge < -0.3 is 43.0 Å². The number of carbonyl (C=O) groups is 6. The highest BCUT2D eigenvalue weighted by Gasteiger charge is 2.79. The predicted molar refractivity (Wildman–Crippen MR) is 290 cm³/mol. The van der Waals surface area contributed by atoms with Gasteiger partial charge in [-0.1, -0.05) is 104 Å². The molecule has 1 saturated heterocycles. The molecule has 79 heavy (non-hydrogen) atoms. The molecule has 1 amide bonds. The molecule has 2 saturated carbocycles. The van der Waals surface area contributed by atoms with E-state index in [4.69, 9.17) is 32.5 Å². The van der Waals surface area contributed by atoms with Gasteiger partial charge in [0.1, 0.15) is 23.9 Å². The molecule has 430 valence electrons. The van der Waals surface area contributed by atoms with Crippen LogP contribution in [0.3, 0.4) is 0 Å². The molecular formula is C59H76F3NO14Si2. The molecule has 3 aromatic carbocycles. The van der Waals surface area contributed by atoms with Gasteiger partial charge in [0.2, 0.25) is 0 Å². The van der Waals surface area contributed by atoms with Crippen LogP contribution in [0.15, 0.2) is 83.9 Å². The summed E-state index contributed by atoms with van der Waals surface area (Å²) in [5.74, 6) is -12.5. The van der Waals surface area contributed by atoms with E-state index in [-0.39, 0.29) is 17.6 Å². The van der Waals surface area contributed by atoms with Crippen molar-refractivity contribution >= 4 is 52.2 Å². The number of Topliss-reactive ketones (excluding diaryl/α,β-unsaturated/α-hetero) is 1. The molecule has 20 heteroatoms. The molecule has 0 radical (unpaired) electrons. The largest absolute Gasteiger partial charge is 0.456 e. The first-order chi connectivity index (χ1) is 37.2. The second kappa shape index (κ2) is 23.5. The lowest BCUT2D eigenvalue weighted by atomic mass is 9.44. The molecule has 11 atom stereocenters. The Morgan fingerprint density at radius 2 is 1.33 bits per heavy atom. The molecule has 3 aromatic rings. The van der Waals surface area contributed by atoms with E-state index in [1.807, 2.05) is 41.5 Å². The number of hydrogen-bond donors (Lipinski definition) is 2. The van der Waals surface area contributed by atoms with Crippen LogP contribution in [0.2, 0.25) is 36.3 Å². The number of hydrogen-bond acceptors (Lipinski definition) is 14. The van der Waals surface area contributed by atoms with Gasteiger partial charge in [-0.05, 0) is 91.1 Å². The van der Waals surface area contributed by atoms with Gasteiger partial charge in [0.25, 0.3) is 5.91 Å². The second-order valence-corrected chi connectivity index (χ2v) is 31.9. The standard InChI is InChI=1S/C59H76F3NO14Si2/c1-13-78(14-2,15-3)76-43-31-44-58(33-71-44,75-36(9)65)50-52(74-54(68)39-29-40(60)46(62)41(61)30-39)59(70)32-42(34(7)45(56(59,10)11)48(72-35(8)64)51(66)57(43,50)12)73-55(69)49(77-79(16-4,17-5)18-6)47(37-25-21-19-22-26-37)63-53(67)38-27-23-20-24-28-38/h19-30,42-44,47-50,52,70H,13-18,31-33H2,1-12H3,(H,63,67)/t42-,43-,44+,47-,48+,49+,50-,52-,57+,58-,59+/m0/s1. The van der Waals surface area contributed by atoms with Crippen molar-refractivity contribution in [1.82, 2.24) is 5.32 Å². The number of benzene rings is 3. The molecule has 1 heterocycles. The Bertz CT molecular complexity index is 2790. The van der Waals surface area contributed by atoms with Crippen LogP contribution in [0.4, 0.5) is 13.2 Å². The van der Waals surface area contributed by atoms with E-state index in [1.54, 1.807) is 67.6 Å². The lowest BCUT2D eigenvalue weighted by Crippen LogP contribution is -2.82. The average Bonchev–Trinajstić information content (AvgIpc) is 3.14. The van der Waals surface area contributed by atoms with Gasteiger partial charge in [0, 0.05) is 37.7 Å². The molecule has 4 aliphatic rings. The maximum Gasteiger partial charge on any atom is 0.338 e. The van der Waals surface area contributed by atoms with Gasteiger partial charge in [0.05, 0.1) is 35.6 Å². The molecule has 2 N–H and O–H groups in total. The van der Waals surface area contributed by atoms with Gasteiger partial charge in [0.15, 0.2) is 57.7 Å². The average molecular weight is 1140 g/mol. The van der Waals surface area contributed by atoms with Crippen molar-refractivity contribution in [1.29, 1.82) is 0 Å². The molecule has 3 fully saturated rings. The third kappa shape index (κ3) is 10.9. The number of halogens is 3. The maximum atomic E-state index is 16.6. The Morgan fingerprint density at radius 3 is 1.84 bits per heavy atom. The minimum Gasteiger partial charge on any atom is -0.456 e. The number of ether oxygens (including phenoxy) is 5. The zero-order valence-electron chi connectivity index (χ0n) is 47.3.